The van der Waals surface area contributed by atoms with Gasteiger partial charge in [-0.1, -0.05) is 42.0 Å². The number of aliphatic hydroxyl groups excluding tert-OH is 1. The number of phenols is 1. The van der Waals surface area contributed by atoms with Crippen molar-refractivity contribution in [3.05, 3.63) is 65.2 Å². The number of aryl methyl sites for hydroxylation is 1. The molecule has 1 unspecified atom stereocenters. The summed E-state index contributed by atoms with van der Waals surface area (Å²) in [5.74, 6) is 0.245. The first-order valence-corrected chi connectivity index (χ1v) is 6.15. The lowest BCUT2D eigenvalue weighted by Crippen LogP contribution is -2.13. The molecule has 2 aromatic rings. The summed E-state index contributed by atoms with van der Waals surface area (Å²) in [6.45, 7) is 2.05. The van der Waals surface area contributed by atoms with Gasteiger partial charge in [0.05, 0.1) is 6.10 Å². The summed E-state index contributed by atoms with van der Waals surface area (Å²) in [5, 5.41) is 19.4. The fraction of sp³-hybridized carbons (Fsp3) is 0.250. The van der Waals surface area contributed by atoms with Crippen molar-refractivity contribution < 1.29 is 10.2 Å². The van der Waals surface area contributed by atoms with E-state index in [4.69, 9.17) is 0 Å². The SMILES string of the molecule is Cc1ccc(CC(O)Cc2cccc(O)c2)cc1. The normalized spacial score (nSPS) is 12.3. The summed E-state index contributed by atoms with van der Waals surface area (Å²) >= 11 is 0. The first kappa shape index (κ1) is 12.7. The highest BCUT2D eigenvalue weighted by Crippen LogP contribution is 2.14. The van der Waals surface area contributed by atoms with Crippen LogP contribution in [0.15, 0.2) is 48.5 Å². The lowest BCUT2D eigenvalue weighted by Gasteiger charge is -2.11. The number of rotatable bonds is 4. The Balaban J connectivity index is 1.96. The van der Waals surface area contributed by atoms with Gasteiger partial charge in [-0.15, -0.1) is 0 Å². The molecule has 0 aliphatic carbocycles. The molecule has 2 aromatic carbocycles. The summed E-state index contributed by atoms with van der Waals surface area (Å²) in [6.07, 6.45) is 0.771. The van der Waals surface area contributed by atoms with Gasteiger partial charge in [-0.25, -0.2) is 0 Å². The number of hydrogen-bond donors (Lipinski definition) is 2. The summed E-state index contributed by atoms with van der Waals surface area (Å²) in [5.41, 5.74) is 3.31. The average molecular weight is 242 g/mol. The second-order valence-corrected chi connectivity index (χ2v) is 4.72. The van der Waals surface area contributed by atoms with Gasteiger partial charge in [0.25, 0.3) is 0 Å². The Morgan fingerprint density at radius 2 is 1.61 bits per heavy atom. The van der Waals surface area contributed by atoms with Crippen molar-refractivity contribution in [3.8, 4) is 5.75 Å². The van der Waals surface area contributed by atoms with E-state index in [1.165, 1.54) is 5.56 Å². The Kier molecular flexibility index (Phi) is 4.00. The zero-order valence-corrected chi connectivity index (χ0v) is 10.5. The van der Waals surface area contributed by atoms with Crippen LogP contribution >= 0.6 is 0 Å². The van der Waals surface area contributed by atoms with E-state index in [-0.39, 0.29) is 5.75 Å². The van der Waals surface area contributed by atoms with E-state index in [0.29, 0.717) is 12.8 Å². The van der Waals surface area contributed by atoms with Crippen molar-refractivity contribution in [3.63, 3.8) is 0 Å². The number of phenolic OH excluding ortho intramolecular Hbond substituents is 1. The van der Waals surface area contributed by atoms with Gasteiger partial charge in [0.15, 0.2) is 0 Å². The molecule has 18 heavy (non-hydrogen) atoms. The summed E-state index contributed by atoms with van der Waals surface area (Å²) in [6, 6.07) is 15.2. The van der Waals surface area contributed by atoms with Crippen molar-refractivity contribution in [1.82, 2.24) is 0 Å². The largest absolute Gasteiger partial charge is 0.508 e. The first-order chi connectivity index (χ1) is 8.63. The summed E-state index contributed by atoms with van der Waals surface area (Å²) in [4.78, 5) is 0. The van der Waals surface area contributed by atoms with Crippen LogP contribution < -0.4 is 0 Å². The Labute approximate surface area is 108 Å². The van der Waals surface area contributed by atoms with Crippen molar-refractivity contribution >= 4 is 0 Å². The molecule has 1 atom stereocenters. The minimum atomic E-state index is -0.422. The summed E-state index contributed by atoms with van der Waals surface area (Å²) < 4.78 is 0. The molecule has 2 rings (SSSR count). The molecule has 0 saturated carbocycles. The lowest BCUT2D eigenvalue weighted by molar-refractivity contribution is 0.175. The minimum Gasteiger partial charge on any atom is -0.508 e. The molecule has 0 heterocycles. The molecule has 0 radical (unpaired) electrons. The van der Waals surface area contributed by atoms with Crippen molar-refractivity contribution in [1.29, 1.82) is 0 Å². The molecule has 0 spiro atoms. The monoisotopic (exact) mass is 242 g/mol. The maximum Gasteiger partial charge on any atom is 0.115 e. The number of hydrogen-bond acceptors (Lipinski definition) is 2. The maximum absolute atomic E-state index is 10.0. The quantitative estimate of drug-likeness (QED) is 0.865. The Morgan fingerprint density at radius 1 is 0.944 bits per heavy atom. The van der Waals surface area contributed by atoms with Crippen LogP contribution in [0.25, 0.3) is 0 Å². The van der Waals surface area contributed by atoms with Gasteiger partial charge in [-0.3, -0.25) is 0 Å². The van der Waals surface area contributed by atoms with Crippen LogP contribution in [0, 0.1) is 6.92 Å². The fourth-order valence-corrected chi connectivity index (χ4v) is 2.02. The molecule has 0 aliphatic rings. The average Bonchev–Trinajstić information content (AvgIpc) is 2.32. The molecular weight excluding hydrogens is 224 g/mol. The van der Waals surface area contributed by atoms with Gasteiger partial charge in [-0.05, 0) is 43.0 Å². The molecule has 2 N–H and O–H groups in total. The second kappa shape index (κ2) is 5.69. The zero-order chi connectivity index (χ0) is 13.0. The predicted molar refractivity (Wildman–Crippen MR) is 72.7 cm³/mol. The van der Waals surface area contributed by atoms with Gasteiger partial charge < -0.3 is 10.2 Å². The zero-order valence-electron chi connectivity index (χ0n) is 10.5. The van der Waals surface area contributed by atoms with E-state index >= 15 is 0 Å². The molecule has 2 heteroatoms. The molecular formula is C16H18O2. The van der Waals surface area contributed by atoms with E-state index in [0.717, 1.165) is 11.1 Å². The van der Waals surface area contributed by atoms with E-state index in [1.54, 1.807) is 18.2 Å². The second-order valence-electron chi connectivity index (χ2n) is 4.72. The predicted octanol–water partition coefficient (Wildman–Crippen LogP) is 2.85. The third-order valence-corrected chi connectivity index (χ3v) is 2.97. The van der Waals surface area contributed by atoms with Gasteiger partial charge in [0.2, 0.25) is 0 Å². The third-order valence-electron chi connectivity index (χ3n) is 2.97. The molecule has 0 aliphatic heterocycles. The topological polar surface area (TPSA) is 40.5 Å². The van der Waals surface area contributed by atoms with Crippen molar-refractivity contribution in [2.75, 3.05) is 0 Å². The number of benzene rings is 2. The van der Waals surface area contributed by atoms with E-state index in [1.807, 2.05) is 25.1 Å². The Morgan fingerprint density at radius 3 is 2.28 bits per heavy atom. The van der Waals surface area contributed by atoms with E-state index < -0.39 is 6.10 Å². The molecule has 0 aromatic heterocycles. The fourth-order valence-electron chi connectivity index (χ4n) is 2.02. The highest BCUT2D eigenvalue weighted by atomic mass is 16.3. The van der Waals surface area contributed by atoms with Crippen molar-refractivity contribution in [2.24, 2.45) is 0 Å². The van der Waals surface area contributed by atoms with Gasteiger partial charge in [0, 0.05) is 0 Å². The van der Waals surface area contributed by atoms with Crippen molar-refractivity contribution in [2.45, 2.75) is 25.9 Å². The first-order valence-electron chi connectivity index (χ1n) is 6.15. The van der Waals surface area contributed by atoms with Crippen LogP contribution in [0.5, 0.6) is 5.75 Å². The molecule has 94 valence electrons. The molecule has 0 amide bonds. The third kappa shape index (κ3) is 3.60. The minimum absolute atomic E-state index is 0.245. The summed E-state index contributed by atoms with van der Waals surface area (Å²) in [7, 11) is 0. The van der Waals surface area contributed by atoms with Crippen LogP contribution in [0.1, 0.15) is 16.7 Å². The molecule has 0 fully saturated rings. The highest BCUT2D eigenvalue weighted by molar-refractivity contribution is 5.28. The Hall–Kier alpha value is -1.80. The smallest absolute Gasteiger partial charge is 0.115 e. The van der Waals surface area contributed by atoms with Crippen LogP contribution in [0.2, 0.25) is 0 Å². The van der Waals surface area contributed by atoms with E-state index in [2.05, 4.69) is 12.1 Å². The van der Waals surface area contributed by atoms with Gasteiger partial charge in [-0.2, -0.15) is 0 Å². The molecule has 0 bridgehead atoms. The van der Waals surface area contributed by atoms with Crippen LogP contribution in [-0.2, 0) is 12.8 Å². The Bertz CT molecular complexity index is 503. The standard InChI is InChI=1S/C16H18O2/c1-12-5-7-13(8-6-12)9-16(18)11-14-3-2-4-15(17)10-14/h2-8,10,16-18H,9,11H2,1H3. The molecule has 2 nitrogen and oxygen atoms in total. The van der Waals surface area contributed by atoms with Crippen LogP contribution in [0.3, 0.4) is 0 Å². The van der Waals surface area contributed by atoms with Gasteiger partial charge >= 0.3 is 0 Å². The maximum atomic E-state index is 10.0. The highest BCUT2D eigenvalue weighted by Gasteiger charge is 2.07. The number of aromatic hydroxyl groups is 1. The van der Waals surface area contributed by atoms with E-state index in [9.17, 15) is 10.2 Å². The van der Waals surface area contributed by atoms with Gasteiger partial charge in [0.1, 0.15) is 5.75 Å². The van der Waals surface area contributed by atoms with Crippen LogP contribution in [0.4, 0.5) is 0 Å². The van der Waals surface area contributed by atoms with Crippen LogP contribution in [-0.4, -0.2) is 16.3 Å². The lowest BCUT2D eigenvalue weighted by atomic mass is 10.0. The number of aliphatic hydroxyl groups is 1. The molecule has 0 saturated heterocycles.